The minimum Gasteiger partial charge on any atom is -0.454 e. The third-order valence-electron chi connectivity index (χ3n) is 4.25. The van der Waals surface area contributed by atoms with Gasteiger partial charge in [0.25, 0.3) is 0 Å². The molecule has 0 aliphatic carbocycles. The van der Waals surface area contributed by atoms with Crippen LogP contribution in [0.4, 0.5) is 0 Å². The van der Waals surface area contributed by atoms with Gasteiger partial charge in [0.15, 0.2) is 11.5 Å². The number of nitrogens with zero attached hydrogens (tertiary/aromatic N) is 2. The van der Waals surface area contributed by atoms with E-state index in [9.17, 15) is 0 Å². The van der Waals surface area contributed by atoms with Crippen LogP contribution in [0.5, 0.6) is 11.5 Å². The van der Waals surface area contributed by atoms with Crippen LogP contribution in [-0.2, 0) is 24.9 Å². The molecule has 0 saturated heterocycles. The number of ether oxygens (including phenoxy) is 3. The van der Waals surface area contributed by atoms with Crippen LogP contribution in [0.15, 0.2) is 24.4 Å². The first-order valence-corrected chi connectivity index (χ1v) is 7.49. The maximum absolute atomic E-state index is 5.67. The zero-order valence-corrected chi connectivity index (χ0v) is 12.5. The molecule has 1 aromatic heterocycles. The molecule has 1 N–H and O–H groups in total. The van der Waals surface area contributed by atoms with Crippen LogP contribution in [0.25, 0.3) is 0 Å². The fraction of sp³-hybridized carbons (Fsp3) is 0.438. The lowest BCUT2D eigenvalue weighted by Gasteiger charge is -2.23. The fourth-order valence-electron chi connectivity index (χ4n) is 3.00. The average Bonchev–Trinajstić information content (AvgIpc) is 3.14. The largest absolute Gasteiger partial charge is 0.454 e. The predicted molar refractivity (Wildman–Crippen MR) is 79.9 cm³/mol. The van der Waals surface area contributed by atoms with Gasteiger partial charge in [-0.1, -0.05) is 6.07 Å². The number of fused-ring (bicyclic) bond motifs is 2. The molecule has 6 nitrogen and oxygen atoms in total. The lowest BCUT2D eigenvalue weighted by atomic mass is 9.98. The second kappa shape index (κ2) is 5.62. The minimum atomic E-state index is 0.315. The molecule has 1 aromatic carbocycles. The second-order valence-corrected chi connectivity index (χ2v) is 5.70. The van der Waals surface area contributed by atoms with Crippen molar-refractivity contribution in [3.8, 4) is 11.5 Å². The molecular weight excluding hydrogens is 282 g/mol. The summed E-state index contributed by atoms with van der Waals surface area (Å²) in [5.74, 6) is 2.01. The van der Waals surface area contributed by atoms with Crippen molar-refractivity contribution >= 4 is 0 Å². The van der Waals surface area contributed by atoms with Crippen molar-refractivity contribution in [2.45, 2.75) is 19.1 Å². The van der Waals surface area contributed by atoms with Gasteiger partial charge in [0.05, 0.1) is 25.1 Å². The summed E-state index contributed by atoms with van der Waals surface area (Å²) in [6.45, 7) is 3.38. The van der Waals surface area contributed by atoms with Gasteiger partial charge >= 0.3 is 0 Å². The Bertz CT molecular complexity index is 683. The number of hydrogen-bond acceptors (Lipinski definition) is 5. The van der Waals surface area contributed by atoms with Crippen molar-refractivity contribution in [1.82, 2.24) is 15.1 Å². The topological polar surface area (TPSA) is 57.5 Å². The third kappa shape index (κ3) is 2.44. The number of nitrogens with one attached hydrogen (secondary N) is 1. The maximum Gasteiger partial charge on any atom is 0.231 e. The summed E-state index contributed by atoms with van der Waals surface area (Å²) in [6.07, 6.45) is 1.96. The molecule has 3 heterocycles. The second-order valence-electron chi connectivity index (χ2n) is 5.70. The number of rotatable bonds is 4. The highest BCUT2D eigenvalue weighted by molar-refractivity contribution is 5.44. The Kier molecular flexibility index (Phi) is 3.48. The van der Waals surface area contributed by atoms with Gasteiger partial charge in [-0.15, -0.1) is 0 Å². The summed E-state index contributed by atoms with van der Waals surface area (Å²) in [5.41, 5.74) is 3.67. The van der Waals surface area contributed by atoms with Crippen LogP contribution in [0.2, 0.25) is 0 Å². The number of benzene rings is 1. The Balaban J connectivity index is 1.38. The first-order chi connectivity index (χ1) is 10.8. The molecule has 22 heavy (non-hydrogen) atoms. The first-order valence-electron chi connectivity index (χ1n) is 7.49. The van der Waals surface area contributed by atoms with Gasteiger partial charge in [0, 0.05) is 31.6 Å². The lowest BCUT2D eigenvalue weighted by molar-refractivity contribution is 0.0857. The first kappa shape index (κ1) is 13.6. The number of aryl methyl sites for hydroxylation is 1. The van der Waals surface area contributed by atoms with Crippen molar-refractivity contribution in [1.29, 1.82) is 0 Å². The van der Waals surface area contributed by atoms with Crippen molar-refractivity contribution in [3.05, 3.63) is 41.2 Å². The van der Waals surface area contributed by atoms with Crippen molar-refractivity contribution < 1.29 is 14.2 Å². The quantitative estimate of drug-likeness (QED) is 0.928. The molecular formula is C16H19N3O3. The zero-order valence-electron chi connectivity index (χ0n) is 12.5. The molecule has 0 radical (unpaired) electrons. The van der Waals surface area contributed by atoms with Gasteiger partial charge in [0.2, 0.25) is 6.79 Å². The molecule has 116 valence electrons. The predicted octanol–water partition coefficient (Wildman–Crippen LogP) is 1.55. The van der Waals surface area contributed by atoms with E-state index in [4.69, 9.17) is 14.2 Å². The van der Waals surface area contributed by atoms with E-state index in [1.165, 1.54) is 16.8 Å². The highest BCUT2D eigenvalue weighted by Crippen LogP contribution is 2.32. The van der Waals surface area contributed by atoms with Crippen LogP contribution in [0.3, 0.4) is 0 Å². The molecule has 6 heteroatoms. The summed E-state index contributed by atoms with van der Waals surface area (Å²) >= 11 is 0. The van der Waals surface area contributed by atoms with Crippen LogP contribution in [-0.4, -0.2) is 29.7 Å². The summed E-state index contributed by atoms with van der Waals surface area (Å²) in [4.78, 5) is 0. The molecule has 0 fully saturated rings. The molecule has 1 atom stereocenters. The van der Waals surface area contributed by atoms with Crippen LogP contribution in [0, 0.1) is 0 Å². The highest BCUT2D eigenvalue weighted by atomic mass is 16.7. The molecule has 4 rings (SSSR count). The SMILES string of the molecule is Cn1ncc2c1COC[C@H]2CNCc1ccc2c(c1)OCO2. The highest BCUT2D eigenvalue weighted by Gasteiger charge is 2.23. The van der Waals surface area contributed by atoms with E-state index in [-0.39, 0.29) is 0 Å². The van der Waals surface area contributed by atoms with Crippen molar-refractivity contribution in [2.75, 3.05) is 19.9 Å². The Morgan fingerprint density at radius 2 is 2.23 bits per heavy atom. The molecule has 0 amide bonds. The van der Waals surface area contributed by atoms with E-state index in [2.05, 4.69) is 16.5 Å². The summed E-state index contributed by atoms with van der Waals surface area (Å²) in [5, 5.41) is 7.83. The molecule has 0 spiro atoms. The Morgan fingerprint density at radius 3 is 3.18 bits per heavy atom. The lowest BCUT2D eigenvalue weighted by Crippen LogP contribution is -2.27. The van der Waals surface area contributed by atoms with Gasteiger partial charge in [-0.2, -0.15) is 5.10 Å². The minimum absolute atomic E-state index is 0.315. The average molecular weight is 301 g/mol. The standard InChI is InChI=1S/C16H19N3O3/c1-19-14-9-20-8-12(13(14)7-18-19)6-17-5-11-2-3-15-16(4-11)22-10-21-15/h2-4,7,12,17H,5-6,8-10H2,1H3/t12-/m1/s1. The summed E-state index contributed by atoms with van der Waals surface area (Å²) < 4.78 is 18.3. The van der Waals surface area contributed by atoms with Gasteiger partial charge in [0.1, 0.15) is 0 Å². The summed E-state index contributed by atoms with van der Waals surface area (Å²) in [6, 6.07) is 6.05. The van der Waals surface area contributed by atoms with Crippen molar-refractivity contribution in [2.24, 2.45) is 7.05 Å². The Morgan fingerprint density at radius 1 is 1.32 bits per heavy atom. The van der Waals surface area contributed by atoms with Crippen LogP contribution < -0.4 is 14.8 Å². The Hall–Kier alpha value is -2.05. The molecule has 0 unspecified atom stereocenters. The van der Waals surface area contributed by atoms with E-state index in [1.807, 2.05) is 30.1 Å². The molecule has 2 aliphatic heterocycles. The Labute approximate surface area is 129 Å². The van der Waals surface area contributed by atoms with Crippen LogP contribution >= 0.6 is 0 Å². The van der Waals surface area contributed by atoms with Gasteiger partial charge in [-0.3, -0.25) is 4.68 Å². The summed E-state index contributed by atoms with van der Waals surface area (Å²) in [7, 11) is 1.96. The van der Waals surface area contributed by atoms with E-state index in [0.717, 1.165) is 31.2 Å². The normalized spacial score (nSPS) is 19.2. The van der Waals surface area contributed by atoms with E-state index >= 15 is 0 Å². The number of aromatic nitrogens is 2. The van der Waals surface area contributed by atoms with E-state index in [0.29, 0.717) is 19.3 Å². The van der Waals surface area contributed by atoms with Gasteiger partial charge in [-0.05, 0) is 17.7 Å². The molecule has 0 bridgehead atoms. The van der Waals surface area contributed by atoms with Gasteiger partial charge < -0.3 is 19.5 Å². The smallest absolute Gasteiger partial charge is 0.231 e. The maximum atomic E-state index is 5.67. The monoisotopic (exact) mass is 301 g/mol. The molecule has 2 aromatic rings. The zero-order chi connectivity index (χ0) is 14.9. The molecule has 0 saturated carbocycles. The molecule has 2 aliphatic rings. The van der Waals surface area contributed by atoms with E-state index in [1.54, 1.807) is 0 Å². The number of hydrogen-bond donors (Lipinski definition) is 1. The van der Waals surface area contributed by atoms with Crippen molar-refractivity contribution in [3.63, 3.8) is 0 Å². The fourth-order valence-corrected chi connectivity index (χ4v) is 3.00. The third-order valence-corrected chi connectivity index (χ3v) is 4.25. The van der Waals surface area contributed by atoms with Gasteiger partial charge in [-0.25, -0.2) is 0 Å². The van der Waals surface area contributed by atoms with E-state index < -0.39 is 0 Å². The van der Waals surface area contributed by atoms with Crippen LogP contribution in [0.1, 0.15) is 22.7 Å².